The number of piperidine rings is 1. The summed E-state index contributed by atoms with van der Waals surface area (Å²) in [5.74, 6) is -0.194. The Bertz CT molecular complexity index is 832. The lowest BCUT2D eigenvalue weighted by molar-refractivity contribution is 0.0635. The molecule has 2 aromatic rings. The zero-order valence-electron chi connectivity index (χ0n) is 15.3. The van der Waals surface area contributed by atoms with E-state index in [2.05, 4.69) is 12.2 Å². The van der Waals surface area contributed by atoms with Crippen molar-refractivity contribution in [2.45, 2.75) is 39.2 Å². The fraction of sp³-hybridized carbons (Fsp3) is 0.333. The molecule has 0 spiro atoms. The fourth-order valence-electron chi connectivity index (χ4n) is 3.40. The Morgan fingerprint density at radius 1 is 1.15 bits per heavy atom. The first-order chi connectivity index (χ1) is 12.5. The number of carbonyl (C=O) groups excluding carboxylic acids is 2. The van der Waals surface area contributed by atoms with E-state index in [4.69, 9.17) is 5.73 Å². The van der Waals surface area contributed by atoms with Crippen molar-refractivity contribution in [1.82, 2.24) is 4.90 Å². The molecule has 26 heavy (non-hydrogen) atoms. The van der Waals surface area contributed by atoms with Crippen molar-refractivity contribution >= 4 is 23.2 Å². The maximum Gasteiger partial charge on any atom is 0.257 e. The first-order valence-electron chi connectivity index (χ1n) is 9.05. The molecule has 5 heteroatoms. The van der Waals surface area contributed by atoms with Crippen LogP contribution in [0.3, 0.4) is 0 Å². The van der Waals surface area contributed by atoms with Crippen LogP contribution in [0.4, 0.5) is 11.4 Å². The van der Waals surface area contributed by atoms with Crippen LogP contribution in [0.25, 0.3) is 0 Å². The summed E-state index contributed by atoms with van der Waals surface area (Å²) in [6.45, 7) is 4.80. The predicted octanol–water partition coefficient (Wildman–Crippen LogP) is 3.84. The lowest BCUT2D eigenvalue weighted by Gasteiger charge is -2.33. The zero-order valence-corrected chi connectivity index (χ0v) is 15.3. The van der Waals surface area contributed by atoms with Gasteiger partial charge in [0.1, 0.15) is 0 Å². The van der Waals surface area contributed by atoms with Gasteiger partial charge >= 0.3 is 0 Å². The first-order valence-corrected chi connectivity index (χ1v) is 9.05. The van der Waals surface area contributed by atoms with Crippen LogP contribution in [0.15, 0.2) is 42.5 Å². The van der Waals surface area contributed by atoms with Gasteiger partial charge in [0.15, 0.2) is 0 Å². The molecule has 1 aliphatic rings. The topological polar surface area (TPSA) is 75.4 Å². The molecule has 3 N–H and O–H groups in total. The van der Waals surface area contributed by atoms with Gasteiger partial charge in [-0.1, -0.05) is 12.1 Å². The van der Waals surface area contributed by atoms with Gasteiger partial charge in [0, 0.05) is 29.5 Å². The molecule has 1 fully saturated rings. The van der Waals surface area contributed by atoms with Gasteiger partial charge in [0.25, 0.3) is 11.8 Å². The third-order valence-electron chi connectivity index (χ3n) is 4.99. The zero-order chi connectivity index (χ0) is 18.7. The summed E-state index contributed by atoms with van der Waals surface area (Å²) in [6.07, 6.45) is 3.29. The molecule has 1 atom stereocenters. The van der Waals surface area contributed by atoms with Crippen LogP contribution in [0, 0.1) is 6.92 Å². The van der Waals surface area contributed by atoms with Crippen LogP contribution in [-0.2, 0) is 0 Å². The number of nitrogens with zero attached hydrogens (tertiary/aromatic N) is 1. The van der Waals surface area contributed by atoms with Crippen LogP contribution in [0.5, 0.6) is 0 Å². The van der Waals surface area contributed by atoms with E-state index in [-0.39, 0.29) is 17.9 Å². The molecular weight excluding hydrogens is 326 g/mol. The summed E-state index contributed by atoms with van der Waals surface area (Å²) in [7, 11) is 0. The number of rotatable bonds is 3. The number of nitrogen functional groups attached to an aromatic ring is 1. The van der Waals surface area contributed by atoms with E-state index in [9.17, 15) is 9.59 Å². The van der Waals surface area contributed by atoms with Crippen molar-refractivity contribution in [1.29, 1.82) is 0 Å². The number of aryl methyl sites for hydroxylation is 1. The second-order valence-corrected chi connectivity index (χ2v) is 6.91. The molecule has 5 nitrogen and oxygen atoms in total. The average molecular weight is 351 g/mol. The maximum atomic E-state index is 12.8. The lowest BCUT2D eigenvalue weighted by atomic mass is 10.0. The van der Waals surface area contributed by atoms with Crippen molar-refractivity contribution < 1.29 is 9.59 Å². The molecule has 0 bridgehead atoms. The highest BCUT2D eigenvalue weighted by atomic mass is 16.2. The Balaban J connectivity index is 1.76. The number of anilines is 2. The number of nitrogens with two attached hydrogens (primary N) is 1. The number of hydrogen-bond acceptors (Lipinski definition) is 3. The predicted molar refractivity (Wildman–Crippen MR) is 104 cm³/mol. The van der Waals surface area contributed by atoms with E-state index in [1.165, 1.54) is 6.42 Å². The number of likely N-dealkylation sites (tertiary alicyclic amines) is 1. The van der Waals surface area contributed by atoms with Crippen molar-refractivity contribution in [2.24, 2.45) is 0 Å². The summed E-state index contributed by atoms with van der Waals surface area (Å²) in [5.41, 5.74) is 8.93. The van der Waals surface area contributed by atoms with Crippen molar-refractivity contribution in [2.75, 3.05) is 17.6 Å². The summed E-state index contributed by atoms with van der Waals surface area (Å²) >= 11 is 0. The van der Waals surface area contributed by atoms with Crippen molar-refractivity contribution in [3.63, 3.8) is 0 Å². The van der Waals surface area contributed by atoms with E-state index < -0.39 is 0 Å². The van der Waals surface area contributed by atoms with Gasteiger partial charge in [-0.2, -0.15) is 0 Å². The van der Waals surface area contributed by atoms with Crippen molar-refractivity contribution in [3.05, 3.63) is 59.2 Å². The minimum absolute atomic E-state index is 0.0606. The molecule has 1 aliphatic heterocycles. The van der Waals surface area contributed by atoms with Gasteiger partial charge in [0.2, 0.25) is 0 Å². The molecular formula is C21H25N3O2. The third-order valence-corrected chi connectivity index (χ3v) is 4.99. The van der Waals surface area contributed by atoms with E-state index in [0.717, 1.165) is 24.9 Å². The quantitative estimate of drug-likeness (QED) is 0.825. The van der Waals surface area contributed by atoms with Gasteiger partial charge in [-0.15, -0.1) is 0 Å². The van der Waals surface area contributed by atoms with Gasteiger partial charge < -0.3 is 16.0 Å². The molecule has 0 aliphatic carbocycles. The number of para-hydroxylation sites is 1. The van der Waals surface area contributed by atoms with Gasteiger partial charge in [0.05, 0.1) is 5.56 Å². The second kappa shape index (κ2) is 7.60. The van der Waals surface area contributed by atoms with Crippen LogP contribution in [0.1, 0.15) is 52.5 Å². The van der Waals surface area contributed by atoms with E-state index in [0.29, 0.717) is 22.5 Å². The summed E-state index contributed by atoms with van der Waals surface area (Å²) < 4.78 is 0. The van der Waals surface area contributed by atoms with Crippen LogP contribution in [0.2, 0.25) is 0 Å². The second-order valence-electron chi connectivity index (χ2n) is 6.91. The summed E-state index contributed by atoms with van der Waals surface area (Å²) in [5, 5.41) is 2.88. The number of benzene rings is 2. The highest BCUT2D eigenvalue weighted by Crippen LogP contribution is 2.23. The lowest BCUT2D eigenvalue weighted by Crippen LogP contribution is -2.42. The molecule has 1 saturated heterocycles. The minimum atomic E-state index is -0.255. The van der Waals surface area contributed by atoms with Gasteiger partial charge in [-0.05, 0) is 69.0 Å². The molecule has 0 aromatic heterocycles. The SMILES string of the molecule is Cc1cc(C(=O)N2CCCCC2C)ccc1NC(=O)c1ccccc1N. The Labute approximate surface area is 154 Å². The van der Waals surface area contributed by atoms with Crippen LogP contribution < -0.4 is 11.1 Å². The standard InChI is InChI=1S/C21H25N3O2/c1-14-13-16(21(26)24-12-6-5-7-15(24)2)10-11-19(14)23-20(25)17-8-3-4-9-18(17)22/h3-4,8-11,13,15H,5-7,12,22H2,1-2H3,(H,23,25). The molecule has 0 saturated carbocycles. The van der Waals surface area contributed by atoms with E-state index in [1.807, 2.05) is 17.9 Å². The Hall–Kier alpha value is -2.82. The molecule has 1 unspecified atom stereocenters. The van der Waals surface area contributed by atoms with E-state index in [1.54, 1.807) is 36.4 Å². The number of nitrogens with one attached hydrogen (secondary N) is 1. The molecule has 2 aromatic carbocycles. The Morgan fingerprint density at radius 2 is 1.92 bits per heavy atom. The van der Waals surface area contributed by atoms with Gasteiger partial charge in [-0.3, -0.25) is 9.59 Å². The molecule has 1 heterocycles. The third kappa shape index (κ3) is 3.72. The number of amides is 2. The van der Waals surface area contributed by atoms with Crippen LogP contribution in [-0.4, -0.2) is 29.3 Å². The Morgan fingerprint density at radius 3 is 2.62 bits per heavy atom. The summed E-state index contributed by atoms with van der Waals surface area (Å²) in [4.78, 5) is 27.2. The van der Waals surface area contributed by atoms with Gasteiger partial charge in [-0.25, -0.2) is 0 Å². The average Bonchev–Trinajstić information content (AvgIpc) is 2.63. The minimum Gasteiger partial charge on any atom is -0.398 e. The highest BCUT2D eigenvalue weighted by molar-refractivity contribution is 6.08. The molecule has 3 rings (SSSR count). The maximum absolute atomic E-state index is 12.8. The molecule has 0 radical (unpaired) electrons. The smallest absolute Gasteiger partial charge is 0.257 e. The molecule has 136 valence electrons. The molecule has 2 amide bonds. The van der Waals surface area contributed by atoms with E-state index >= 15 is 0 Å². The number of hydrogen-bond donors (Lipinski definition) is 2. The largest absolute Gasteiger partial charge is 0.398 e. The summed E-state index contributed by atoms with van der Waals surface area (Å²) in [6, 6.07) is 12.6. The highest BCUT2D eigenvalue weighted by Gasteiger charge is 2.24. The fourth-order valence-corrected chi connectivity index (χ4v) is 3.40. The van der Waals surface area contributed by atoms with Crippen molar-refractivity contribution in [3.8, 4) is 0 Å². The van der Waals surface area contributed by atoms with Crippen LogP contribution >= 0.6 is 0 Å². The Kier molecular flexibility index (Phi) is 5.26. The first kappa shape index (κ1) is 18.0. The monoisotopic (exact) mass is 351 g/mol. The normalized spacial score (nSPS) is 17.0. The number of carbonyl (C=O) groups is 2.